The molecule has 1 saturated heterocycles. The molecule has 0 aliphatic carbocycles. The number of carbonyl (C=O) groups excluding carboxylic acids is 1. The molecule has 1 aromatic heterocycles. The van der Waals surface area contributed by atoms with Gasteiger partial charge >= 0.3 is 6.09 Å². The van der Waals surface area contributed by atoms with E-state index in [1.165, 1.54) is 6.42 Å². The Balaban J connectivity index is 1.67. The average Bonchev–Trinajstić information content (AvgIpc) is 3.28. The van der Waals surface area contributed by atoms with Gasteiger partial charge in [0.25, 0.3) is 0 Å². The predicted molar refractivity (Wildman–Crippen MR) is 107 cm³/mol. The van der Waals surface area contributed by atoms with Crippen LogP contribution in [0, 0.1) is 0 Å². The third-order valence-corrected chi connectivity index (χ3v) is 5.23. The van der Waals surface area contributed by atoms with Crippen LogP contribution in [0.25, 0.3) is 5.69 Å². The molecule has 2 heterocycles. The molecule has 0 bridgehead atoms. The van der Waals surface area contributed by atoms with Crippen LogP contribution >= 0.6 is 11.6 Å². The summed E-state index contributed by atoms with van der Waals surface area (Å²) in [6, 6.07) is 7.84. The number of halogens is 1. The van der Waals surface area contributed by atoms with E-state index in [2.05, 4.69) is 29.2 Å². The highest BCUT2D eigenvalue weighted by atomic mass is 35.5. The molecule has 7 heteroatoms. The Labute approximate surface area is 165 Å². The molecule has 1 aliphatic heterocycles. The van der Waals surface area contributed by atoms with Gasteiger partial charge in [0.05, 0.1) is 17.6 Å². The highest BCUT2D eigenvalue weighted by Gasteiger charge is 2.24. The second-order valence-electron chi connectivity index (χ2n) is 6.79. The summed E-state index contributed by atoms with van der Waals surface area (Å²) in [6.07, 6.45) is 5.16. The number of likely N-dealkylation sites (tertiary alicyclic amines) is 1. The van der Waals surface area contributed by atoms with Gasteiger partial charge in [-0.15, -0.1) is 0 Å². The van der Waals surface area contributed by atoms with Crippen LogP contribution < -0.4 is 10.1 Å². The molecule has 1 unspecified atom stereocenters. The van der Waals surface area contributed by atoms with E-state index in [1.807, 2.05) is 24.3 Å². The third kappa shape index (κ3) is 4.82. The first kappa shape index (κ1) is 19.7. The smallest absolute Gasteiger partial charge is 0.407 e. The van der Waals surface area contributed by atoms with Crippen LogP contribution in [0.2, 0.25) is 5.02 Å². The van der Waals surface area contributed by atoms with Crippen LogP contribution in [0.5, 0.6) is 5.75 Å². The number of nitrogens with one attached hydrogen (secondary N) is 1. The average molecular weight is 391 g/mol. The van der Waals surface area contributed by atoms with Crippen molar-refractivity contribution in [1.82, 2.24) is 20.0 Å². The van der Waals surface area contributed by atoms with E-state index < -0.39 is 6.09 Å². The van der Waals surface area contributed by atoms with Gasteiger partial charge in [-0.3, -0.25) is 4.90 Å². The molecule has 1 atom stereocenters. The summed E-state index contributed by atoms with van der Waals surface area (Å²) in [4.78, 5) is 14.7. The summed E-state index contributed by atoms with van der Waals surface area (Å²) in [5, 5.41) is 7.99. The predicted octanol–water partition coefficient (Wildman–Crippen LogP) is 4.05. The lowest BCUT2D eigenvalue weighted by Gasteiger charge is -2.22. The van der Waals surface area contributed by atoms with Crippen LogP contribution in [0.4, 0.5) is 4.79 Å². The molecule has 3 rings (SSSR count). The first-order valence-corrected chi connectivity index (χ1v) is 10.0. The minimum Gasteiger partial charge on any atom is -0.407 e. The molecule has 1 N–H and O–H groups in total. The quantitative estimate of drug-likeness (QED) is 0.774. The number of amides is 1. The van der Waals surface area contributed by atoms with E-state index >= 15 is 0 Å². The van der Waals surface area contributed by atoms with Crippen LogP contribution in [0.15, 0.2) is 30.5 Å². The van der Waals surface area contributed by atoms with E-state index in [0.29, 0.717) is 23.4 Å². The molecule has 0 radical (unpaired) electrons. The Bertz CT molecular complexity index is 760. The van der Waals surface area contributed by atoms with Gasteiger partial charge in [-0.1, -0.05) is 31.9 Å². The van der Waals surface area contributed by atoms with Gasteiger partial charge in [-0.05, 0) is 56.6 Å². The Hall–Kier alpha value is -2.05. The maximum absolute atomic E-state index is 12.3. The monoisotopic (exact) mass is 390 g/mol. The van der Waals surface area contributed by atoms with Gasteiger partial charge in [0, 0.05) is 17.6 Å². The Kier molecular flexibility index (Phi) is 6.74. The molecule has 1 fully saturated rings. The normalized spacial score (nSPS) is 17.2. The van der Waals surface area contributed by atoms with Crippen molar-refractivity contribution in [2.45, 2.75) is 45.6 Å². The lowest BCUT2D eigenvalue weighted by Crippen LogP contribution is -2.41. The molecule has 146 valence electrons. The number of hydrogen-bond acceptors (Lipinski definition) is 4. The first-order valence-electron chi connectivity index (χ1n) is 9.65. The lowest BCUT2D eigenvalue weighted by molar-refractivity contribution is 0.192. The zero-order valence-electron chi connectivity index (χ0n) is 15.9. The summed E-state index contributed by atoms with van der Waals surface area (Å²) in [5.41, 5.74) is 1.77. The number of ether oxygens (including phenoxy) is 1. The lowest BCUT2D eigenvalue weighted by atomic mass is 10.2. The van der Waals surface area contributed by atoms with E-state index in [1.54, 1.807) is 10.9 Å². The number of carbonyl (C=O) groups is 1. The maximum atomic E-state index is 12.3. The van der Waals surface area contributed by atoms with Gasteiger partial charge in [0.15, 0.2) is 5.75 Å². The van der Waals surface area contributed by atoms with Crippen LogP contribution in [0.1, 0.15) is 38.8 Å². The molecule has 0 saturated carbocycles. The number of nitrogens with zero attached hydrogens (tertiary/aromatic N) is 3. The zero-order valence-corrected chi connectivity index (χ0v) is 16.7. The number of rotatable bonds is 7. The standard InChI is InChI=1S/C20H27ClN4O2/c1-3-6-18-19(14-23-25(18)16-10-8-15(21)9-11-16)27-20(26)22-13-17-7-5-12-24(17)4-2/h8-11,14,17H,3-7,12-13H2,1-2H3,(H,22,26). The van der Waals surface area contributed by atoms with Crippen molar-refractivity contribution in [2.24, 2.45) is 0 Å². The SMILES string of the molecule is CCCc1c(OC(=O)NCC2CCCN2CC)cnn1-c1ccc(Cl)cc1. The molecule has 6 nitrogen and oxygen atoms in total. The highest BCUT2D eigenvalue weighted by molar-refractivity contribution is 6.30. The summed E-state index contributed by atoms with van der Waals surface area (Å²) >= 11 is 5.97. The van der Waals surface area contributed by atoms with Crippen molar-refractivity contribution in [2.75, 3.05) is 19.6 Å². The number of hydrogen-bond donors (Lipinski definition) is 1. The molecule has 1 amide bonds. The molecule has 0 spiro atoms. The zero-order chi connectivity index (χ0) is 19.2. The molecular formula is C20H27ClN4O2. The first-order chi connectivity index (χ1) is 13.1. The summed E-state index contributed by atoms with van der Waals surface area (Å²) < 4.78 is 7.38. The van der Waals surface area contributed by atoms with Gasteiger partial charge in [-0.25, -0.2) is 9.48 Å². The van der Waals surface area contributed by atoms with Gasteiger partial charge in [0.1, 0.15) is 0 Å². The van der Waals surface area contributed by atoms with Crippen molar-refractivity contribution in [3.05, 3.63) is 41.2 Å². The van der Waals surface area contributed by atoms with E-state index in [9.17, 15) is 4.79 Å². The molecule has 27 heavy (non-hydrogen) atoms. The summed E-state index contributed by atoms with van der Waals surface area (Å²) in [7, 11) is 0. The maximum Gasteiger partial charge on any atom is 0.412 e. The van der Waals surface area contributed by atoms with Crippen molar-refractivity contribution in [3.63, 3.8) is 0 Å². The van der Waals surface area contributed by atoms with Crippen LogP contribution in [-0.2, 0) is 6.42 Å². The largest absolute Gasteiger partial charge is 0.412 e. The minimum absolute atomic E-state index is 0.398. The second-order valence-corrected chi connectivity index (χ2v) is 7.23. The summed E-state index contributed by atoms with van der Waals surface area (Å²) in [6.45, 7) is 6.96. The van der Waals surface area contributed by atoms with E-state index in [0.717, 1.165) is 43.7 Å². The summed E-state index contributed by atoms with van der Waals surface area (Å²) in [5.74, 6) is 0.503. The van der Waals surface area contributed by atoms with Gasteiger partial charge < -0.3 is 10.1 Å². The fourth-order valence-corrected chi connectivity index (χ4v) is 3.72. The Morgan fingerprint density at radius 2 is 2.11 bits per heavy atom. The van der Waals surface area contributed by atoms with Crippen molar-refractivity contribution >= 4 is 17.7 Å². The molecular weight excluding hydrogens is 364 g/mol. The minimum atomic E-state index is -0.425. The Morgan fingerprint density at radius 3 is 2.81 bits per heavy atom. The van der Waals surface area contributed by atoms with Gasteiger partial charge in [-0.2, -0.15) is 5.10 Å². The molecule has 2 aromatic rings. The number of likely N-dealkylation sites (N-methyl/N-ethyl adjacent to an activating group) is 1. The van der Waals surface area contributed by atoms with Crippen LogP contribution in [0.3, 0.4) is 0 Å². The van der Waals surface area contributed by atoms with Crippen molar-refractivity contribution < 1.29 is 9.53 Å². The topological polar surface area (TPSA) is 59.4 Å². The van der Waals surface area contributed by atoms with Crippen molar-refractivity contribution in [1.29, 1.82) is 0 Å². The molecule has 1 aliphatic rings. The van der Waals surface area contributed by atoms with Crippen molar-refractivity contribution in [3.8, 4) is 11.4 Å². The second kappa shape index (κ2) is 9.24. The van der Waals surface area contributed by atoms with Crippen LogP contribution in [-0.4, -0.2) is 46.4 Å². The number of benzene rings is 1. The van der Waals surface area contributed by atoms with E-state index in [-0.39, 0.29) is 0 Å². The molecule has 1 aromatic carbocycles. The van der Waals surface area contributed by atoms with E-state index in [4.69, 9.17) is 16.3 Å². The third-order valence-electron chi connectivity index (χ3n) is 4.98. The fraction of sp³-hybridized carbons (Fsp3) is 0.500. The van der Waals surface area contributed by atoms with Gasteiger partial charge in [0.2, 0.25) is 0 Å². The Morgan fingerprint density at radius 1 is 1.33 bits per heavy atom. The highest BCUT2D eigenvalue weighted by Crippen LogP contribution is 2.24. The fourth-order valence-electron chi connectivity index (χ4n) is 3.59. The number of aromatic nitrogens is 2.